The standard InChI is InChI=1S/C61H36N4S/c1-3-17-41-33-55-53(31-39(41)15-1)54-32-40-16-2-4-18-42(40)34-56(54)65(55)44-28-30-51(52(36-44)43-27-29-48-47-23-9-10-26-57(47)66-58(48)35-43)61-63-59(49-24-11-19-37-13-5-7-21-45(37)49)62-60(64-61)50-25-12-20-38-14-6-8-22-46(38)50/h1-36H. The first-order valence-corrected chi connectivity index (χ1v) is 23.1. The van der Waals surface area contributed by atoms with E-state index in [4.69, 9.17) is 15.0 Å². The maximum atomic E-state index is 5.45. The van der Waals surface area contributed by atoms with Crippen LogP contribution in [0.5, 0.6) is 0 Å². The Bertz CT molecular complexity index is 4110. The Labute approximate surface area is 383 Å². The molecule has 3 aromatic heterocycles. The number of aromatic nitrogens is 4. The predicted octanol–water partition coefficient (Wildman–Crippen LogP) is 16.6. The summed E-state index contributed by atoms with van der Waals surface area (Å²) in [4.78, 5) is 16.2. The van der Waals surface area contributed by atoms with Gasteiger partial charge in [-0.3, -0.25) is 0 Å². The van der Waals surface area contributed by atoms with Crippen molar-refractivity contribution in [3.05, 3.63) is 218 Å². The molecule has 0 amide bonds. The summed E-state index contributed by atoms with van der Waals surface area (Å²) in [5.74, 6) is 1.89. The Morgan fingerprint density at radius 1 is 0.288 bits per heavy atom. The smallest absolute Gasteiger partial charge is 0.164 e. The maximum Gasteiger partial charge on any atom is 0.164 e. The first kappa shape index (κ1) is 36.9. The Kier molecular flexibility index (Phi) is 8.12. The summed E-state index contributed by atoms with van der Waals surface area (Å²) in [6.45, 7) is 0. The molecule has 0 saturated heterocycles. The van der Waals surface area contributed by atoms with Crippen LogP contribution in [0.3, 0.4) is 0 Å². The van der Waals surface area contributed by atoms with E-state index < -0.39 is 0 Å². The van der Waals surface area contributed by atoms with Gasteiger partial charge < -0.3 is 4.57 Å². The van der Waals surface area contributed by atoms with Gasteiger partial charge in [0.15, 0.2) is 17.5 Å². The molecule has 306 valence electrons. The van der Waals surface area contributed by atoms with Crippen LogP contribution in [-0.2, 0) is 0 Å². The summed E-state index contributed by atoms with van der Waals surface area (Å²) in [6.07, 6.45) is 0. The fourth-order valence-corrected chi connectivity index (χ4v) is 11.4. The Morgan fingerprint density at radius 3 is 1.35 bits per heavy atom. The molecule has 0 saturated carbocycles. The lowest BCUT2D eigenvalue weighted by molar-refractivity contribution is 1.08. The van der Waals surface area contributed by atoms with Crippen LogP contribution in [-0.4, -0.2) is 19.5 Å². The highest BCUT2D eigenvalue weighted by molar-refractivity contribution is 7.25. The summed E-state index contributed by atoms with van der Waals surface area (Å²) in [7, 11) is 0. The number of nitrogens with zero attached hydrogens (tertiary/aromatic N) is 4. The molecule has 0 N–H and O–H groups in total. The Hall–Kier alpha value is -8.51. The fourth-order valence-electron chi connectivity index (χ4n) is 10.2. The number of thiophene rings is 1. The third-order valence-electron chi connectivity index (χ3n) is 13.4. The highest BCUT2D eigenvalue weighted by atomic mass is 32.1. The van der Waals surface area contributed by atoms with Gasteiger partial charge in [0.2, 0.25) is 0 Å². The summed E-state index contributed by atoms with van der Waals surface area (Å²) < 4.78 is 4.97. The zero-order valence-corrected chi connectivity index (χ0v) is 36.3. The number of hydrogen-bond donors (Lipinski definition) is 0. The summed E-state index contributed by atoms with van der Waals surface area (Å²) >= 11 is 1.84. The van der Waals surface area contributed by atoms with E-state index in [1.54, 1.807) is 0 Å². The van der Waals surface area contributed by atoms with Gasteiger partial charge in [-0.2, -0.15) is 0 Å². The van der Waals surface area contributed by atoms with Gasteiger partial charge in [0, 0.05) is 53.3 Å². The molecule has 0 spiro atoms. The van der Waals surface area contributed by atoms with Gasteiger partial charge in [0.05, 0.1) is 11.0 Å². The van der Waals surface area contributed by atoms with Crippen molar-refractivity contribution in [2.24, 2.45) is 0 Å². The third kappa shape index (κ3) is 5.80. The van der Waals surface area contributed by atoms with Crippen LogP contribution >= 0.6 is 11.3 Å². The van der Waals surface area contributed by atoms with Crippen LogP contribution < -0.4 is 0 Å². The van der Waals surface area contributed by atoms with Crippen LogP contribution in [0, 0.1) is 0 Å². The molecule has 0 radical (unpaired) electrons. The van der Waals surface area contributed by atoms with Gasteiger partial charge in [0.25, 0.3) is 0 Å². The molecule has 0 aliphatic rings. The molecule has 0 bridgehead atoms. The predicted molar refractivity (Wildman–Crippen MR) is 279 cm³/mol. The van der Waals surface area contributed by atoms with Crippen molar-refractivity contribution in [1.82, 2.24) is 19.5 Å². The van der Waals surface area contributed by atoms with Gasteiger partial charge in [-0.1, -0.05) is 164 Å². The topological polar surface area (TPSA) is 43.6 Å². The average molecular weight is 857 g/mol. The quantitative estimate of drug-likeness (QED) is 0.173. The van der Waals surface area contributed by atoms with Crippen molar-refractivity contribution < 1.29 is 0 Å². The van der Waals surface area contributed by atoms with Gasteiger partial charge in [-0.05, 0) is 109 Å². The molecule has 0 aliphatic carbocycles. The van der Waals surface area contributed by atoms with E-state index in [1.807, 2.05) is 11.3 Å². The molecular formula is C61H36N4S. The largest absolute Gasteiger partial charge is 0.309 e. The number of rotatable bonds is 5. The SMILES string of the molecule is c1ccc2cc3c(cc2c1)c1cc2ccccc2cc1n3-c1ccc(-c2nc(-c3cccc4ccccc34)nc(-c3cccc4ccccc34)n2)c(-c2ccc3c(c2)sc2ccccc23)c1. The van der Waals surface area contributed by atoms with E-state index in [0.717, 1.165) is 66.1 Å². The number of hydrogen-bond acceptors (Lipinski definition) is 4. The minimum absolute atomic E-state index is 0.619. The number of fused-ring (bicyclic) bond motifs is 10. The molecule has 14 aromatic rings. The van der Waals surface area contributed by atoms with Gasteiger partial charge in [-0.25, -0.2) is 15.0 Å². The van der Waals surface area contributed by atoms with Gasteiger partial charge in [0.1, 0.15) is 0 Å². The molecule has 66 heavy (non-hydrogen) atoms. The lowest BCUT2D eigenvalue weighted by atomic mass is 9.96. The molecule has 0 aliphatic heterocycles. The molecule has 14 rings (SSSR count). The van der Waals surface area contributed by atoms with E-state index >= 15 is 0 Å². The normalized spacial score (nSPS) is 11.9. The zero-order valence-electron chi connectivity index (χ0n) is 35.5. The highest BCUT2D eigenvalue weighted by Gasteiger charge is 2.22. The van der Waals surface area contributed by atoms with E-state index in [9.17, 15) is 0 Å². The highest BCUT2D eigenvalue weighted by Crippen LogP contribution is 2.43. The maximum absolute atomic E-state index is 5.45. The van der Waals surface area contributed by atoms with Crippen molar-refractivity contribution >= 4 is 96.4 Å². The summed E-state index contributed by atoms with van der Waals surface area (Å²) in [5, 5.41) is 14.3. The lowest BCUT2D eigenvalue weighted by Gasteiger charge is -2.16. The molecule has 0 unspecified atom stereocenters. The molecule has 0 atom stereocenters. The first-order chi connectivity index (χ1) is 32.7. The first-order valence-electron chi connectivity index (χ1n) is 22.3. The van der Waals surface area contributed by atoms with Crippen molar-refractivity contribution in [3.8, 4) is 51.0 Å². The minimum Gasteiger partial charge on any atom is -0.309 e. The molecule has 5 heteroatoms. The Balaban J connectivity index is 1.07. The zero-order chi connectivity index (χ0) is 43.3. The van der Waals surface area contributed by atoms with Crippen LogP contribution in [0.4, 0.5) is 0 Å². The summed E-state index contributed by atoms with van der Waals surface area (Å²) in [6, 6.07) is 78.9. The van der Waals surface area contributed by atoms with Crippen molar-refractivity contribution in [2.45, 2.75) is 0 Å². The number of benzene rings is 11. The second-order valence-electron chi connectivity index (χ2n) is 17.2. The minimum atomic E-state index is 0.619. The van der Waals surface area contributed by atoms with Crippen LogP contribution in [0.1, 0.15) is 0 Å². The molecular weight excluding hydrogens is 821 g/mol. The molecule has 3 heterocycles. The average Bonchev–Trinajstić information content (AvgIpc) is 3.90. The van der Waals surface area contributed by atoms with Crippen molar-refractivity contribution in [1.29, 1.82) is 0 Å². The molecule has 4 nitrogen and oxygen atoms in total. The second kappa shape index (κ2) is 14.5. The van der Waals surface area contributed by atoms with Crippen LogP contribution in [0.2, 0.25) is 0 Å². The van der Waals surface area contributed by atoms with Crippen molar-refractivity contribution in [2.75, 3.05) is 0 Å². The molecule has 0 fully saturated rings. The van der Waals surface area contributed by atoms with Crippen molar-refractivity contribution in [3.63, 3.8) is 0 Å². The van der Waals surface area contributed by atoms with E-state index in [1.165, 1.54) is 52.5 Å². The lowest BCUT2D eigenvalue weighted by Crippen LogP contribution is -2.03. The van der Waals surface area contributed by atoms with Gasteiger partial charge >= 0.3 is 0 Å². The van der Waals surface area contributed by atoms with E-state index in [2.05, 4.69) is 223 Å². The van der Waals surface area contributed by atoms with E-state index in [0.29, 0.717) is 17.5 Å². The van der Waals surface area contributed by atoms with Crippen LogP contribution in [0.25, 0.3) is 136 Å². The summed E-state index contributed by atoms with van der Waals surface area (Å²) in [5.41, 5.74) is 8.39. The monoisotopic (exact) mass is 856 g/mol. The fraction of sp³-hybridized carbons (Fsp3) is 0. The Morgan fingerprint density at radius 2 is 0.758 bits per heavy atom. The third-order valence-corrected chi connectivity index (χ3v) is 14.5. The second-order valence-corrected chi connectivity index (χ2v) is 18.3. The van der Waals surface area contributed by atoms with Crippen LogP contribution in [0.15, 0.2) is 218 Å². The molecule has 11 aromatic carbocycles. The van der Waals surface area contributed by atoms with Gasteiger partial charge in [-0.15, -0.1) is 11.3 Å². The van der Waals surface area contributed by atoms with E-state index in [-0.39, 0.29) is 0 Å².